The molecule has 6 rings (SSSR count). The standard InChI is InChI=1S/C21H21N7O3S/c22-32(30,31)14-1-2-16-13(9-14)10-17(26-16)20(29)28-8-7-27(11-21(28)4-5-21)19-15-3-6-23-18(15)24-12-25-19/h1-3,6,9-10,12,26H,4-5,7-8,11H2,(H2,22,30,31)(H,23,24,25). The van der Waals surface area contributed by atoms with Crippen LogP contribution in [-0.4, -0.2) is 64.3 Å². The Labute approximate surface area is 183 Å². The van der Waals surface area contributed by atoms with Crippen LogP contribution in [0.1, 0.15) is 23.3 Å². The molecule has 1 saturated carbocycles. The molecule has 2 fully saturated rings. The van der Waals surface area contributed by atoms with Gasteiger partial charge in [-0.25, -0.2) is 23.5 Å². The van der Waals surface area contributed by atoms with Crippen LogP contribution in [0.15, 0.2) is 47.8 Å². The van der Waals surface area contributed by atoms with Crippen molar-refractivity contribution >= 4 is 43.7 Å². The number of nitrogens with one attached hydrogen (secondary N) is 2. The third-order valence-electron chi connectivity index (χ3n) is 6.51. The number of benzene rings is 1. The summed E-state index contributed by atoms with van der Waals surface area (Å²) in [7, 11) is -3.81. The van der Waals surface area contributed by atoms with Crippen molar-refractivity contribution in [3.8, 4) is 0 Å². The number of H-pyrrole nitrogens is 2. The number of amides is 1. The first-order valence-electron chi connectivity index (χ1n) is 10.3. The first-order valence-corrected chi connectivity index (χ1v) is 11.9. The Balaban J connectivity index is 1.28. The minimum atomic E-state index is -3.81. The second kappa shape index (κ2) is 6.53. The van der Waals surface area contributed by atoms with Gasteiger partial charge in [-0.15, -0.1) is 0 Å². The van der Waals surface area contributed by atoms with Crippen molar-refractivity contribution in [3.63, 3.8) is 0 Å². The number of sulfonamides is 1. The molecule has 11 heteroatoms. The van der Waals surface area contributed by atoms with Gasteiger partial charge in [0.1, 0.15) is 23.5 Å². The predicted octanol–water partition coefficient (Wildman–Crippen LogP) is 1.58. The number of aromatic amines is 2. The van der Waals surface area contributed by atoms with E-state index in [0.717, 1.165) is 29.7 Å². The van der Waals surface area contributed by atoms with E-state index in [0.29, 0.717) is 36.2 Å². The lowest BCUT2D eigenvalue weighted by molar-refractivity contribution is 0.0619. The number of primary sulfonamides is 1. The van der Waals surface area contributed by atoms with Crippen molar-refractivity contribution < 1.29 is 13.2 Å². The highest BCUT2D eigenvalue weighted by Gasteiger charge is 2.53. The van der Waals surface area contributed by atoms with Crippen LogP contribution in [0.4, 0.5) is 5.82 Å². The van der Waals surface area contributed by atoms with Gasteiger partial charge >= 0.3 is 0 Å². The van der Waals surface area contributed by atoms with E-state index in [9.17, 15) is 13.2 Å². The van der Waals surface area contributed by atoms with Gasteiger partial charge in [-0.3, -0.25) is 4.79 Å². The molecule has 1 saturated heterocycles. The van der Waals surface area contributed by atoms with E-state index in [2.05, 4.69) is 24.8 Å². The maximum Gasteiger partial charge on any atom is 0.270 e. The van der Waals surface area contributed by atoms with Crippen LogP contribution in [0.2, 0.25) is 0 Å². The summed E-state index contributed by atoms with van der Waals surface area (Å²) in [5.41, 5.74) is 1.73. The van der Waals surface area contributed by atoms with Gasteiger partial charge in [-0.05, 0) is 43.2 Å². The Morgan fingerprint density at radius 3 is 2.75 bits per heavy atom. The Kier molecular flexibility index (Phi) is 3.93. The van der Waals surface area contributed by atoms with Crippen molar-refractivity contribution in [2.24, 2.45) is 5.14 Å². The highest BCUT2D eigenvalue weighted by molar-refractivity contribution is 7.89. The number of nitrogens with zero attached hydrogens (tertiary/aromatic N) is 4. The van der Waals surface area contributed by atoms with Gasteiger partial charge in [-0.1, -0.05) is 0 Å². The second-order valence-corrected chi connectivity index (χ2v) is 10.1. The van der Waals surface area contributed by atoms with E-state index in [1.807, 2.05) is 17.2 Å². The maximum absolute atomic E-state index is 13.4. The summed E-state index contributed by atoms with van der Waals surface area (Å²) in [6.07, 6.45) is 5.29. The Morgan fingerprint density at radius 2 is 1.97 bits per heavy atom. The van der Waals surface area contributed by atoms with Gasteiger partial charge in [0.2, 0.25) is 10.0 Å². The number of rotatable bonds is 3. The van der Waals surface area contributed by atoms with Crippen LogP contribution in [0.3, 0.4) is 0 Å². The molecule has 1 amide bonds. The maximum atomic E-state index is 13.4. The molecular formula is C21H21N7O3S. The quantitative estimate of drug-likeness (QED) is 0.432. The third kappa shape index (κ3) is 2.96. The summed E-state index contributed by atoms with van der Waals surface area (Å²) in [5.74, 6) is 0.806. The summed E-state index contributed by atoms with van der Waals surface area (Å²) < 4.78 is 23.3. The molecular weight excluding hydrogens is 430 g/mol. The van der Waals surface area contributed by atoms with Crippen LogP contribution in [0.25, 0.3) is 21.9 Å². The number of aromatic nitrogens is 4. The number of hydrogen-bond donors (Lipinski definition) is 3. The van der Waals surface area contributed by atoms with E-state index >= 15 is 0 Å². The number of hydrogen-bond acceptors (Lipinski definition) is 6. The van der Waals surface area contributed by atoms with Crippen LogP contribution >= 0.6 is 0 Å². The minimum absolute atomic E-state index is 0.0243. The third-order valence-corrected chi connectivity index (χ3v) is 7.42. The predicted molar refractivity (Wildman–Crippen MR) is 119 cm³/mol. The summed E-state index contributed by atoms with van der Waals surface area (Å²) >= 11 is 0. The monoisotopic (exact) mass is 451 g/mol. The lowest BCUT2D eigenvalue weighted by Crippen LogP contribution is -2.57. The molecule has 0 radical (unpaired) electrons. The number of piperazine rings is 1. The molecule has 1 spiro atoms. The normalized spacial score (nSPS) is 18.0. The van der Waals surface area contributed by atoms with Gasteiger partial charge in [0.15, 0.2) is 0 Å². The van der Waals surface area contributed by atoms with E-state index < -0.39 is 10.0 Å². The molecule has 3 aromatic heterocycles. The van der Waals surface area contributed by atoms with Crippen LogP contribution < -0.4 is 10.0 Å². The second-order valence-electron chi connectivity index (χ2n) is 8.52. The molecule has 1 aliphatic heterocycles. The summed E-state index contributed by atoms with van der Waals surface area (Å²) in [5, 5.41) is 6.85. The van der Waals surface area contributed by atoms with Crippen LogP contribution in [-0.2, 0) is 10.0 Å². The summed E-state index contributed by atoms with van der Waals surface area (Å²) in [6, 6.07) is 8.23. The first-order chi connectivity index (χ1) is 15.3. The number of carbonyl (C=O) groups excluding carboxylic acids is 1. The summed E-state index contributed by atoms with van der Waals surface area (Å²) in [4.78, 5) is 32.7. The van der Waals surface area contributed by atoms with E-state index in [-0.39, 0.29) is 16.3 Å². The number of fused-ring (bicyclic) bond motifs is 2. The number of nitrogens with two attached hydrogens (primary N) is 1. The minimum Gasteiger partial charge on any atom is -0.352 e. The first kappa shape index (κ1) is 19.3. The molecule has 2 aliphatic rings. The highest BCUT2D eigenvalue weighted by atomic mass is 32.2. The van der Waals surface area contributed by atoms with Gasteiger partial charge in [-0.2, -0.15) is 0 Å². The zero-order valence-electron chi connectivity index (χ0n) is 17.1. The molecule has 0 atom stereocenters. The van der Waals surface area contributed by atoms with Gasteiger partial charge in [0.05, 0.1) is 15.8 Å². The zero-order chi connectivity index (χ0) is 22.1. The fraction of sp³-hybridized carbons (Fsp3) is 0.286. The zero-order valence-corrected chi connectivity index (χ0v) is 17.9. The molecule has 4 N–H and O–H groups in total. The largest absolute Gasteiger partial charge is 0.352 e. The fourth-order valence-corrected chi connectivity index (χ4v) is 5.26. The molecule has 0 bridgehead atoms. The molecule has 4 heterocycles. The number of anilines is 1. The lowest BCUT2D eigenvalue weighted by Gasteiger charge is -2.42. The fourth-order valence-electron chi connectivity index (χ4n) is 4.71. The lowest BCUT2D eigenvalue weighted by atomic mass is 10.1. The van der Waals surface area contributed by atoms with Gasteiger partial charge in [0.25, 0.3) is 5.91 Å². The molecule has 4 aromatic rings. The van der Waals surface area contributed by atoms with Crippen LogP contribution in [0, 0.1) is 0 Å². The average molecular weight is 452 g/mol. The van der Waals surface area contributed by atoms with Crippen molar-refractivity contribution in [2.45, 2.75) is 23.3 Å². The van der Waals surface area contributed by atoms with Crippen molar-refractivity contribution in [2.75, 3.05) is 24.5 Å². The Morgan fingerprint density at radius 1 is 1.12 bits per heavy atom. The SMILES string of the molecule is NS(=O)(=O)c1ccc2[nH]c(C(=O)N3CCN(c4ncnc5[nH]ccc45)CC34CC4)cc2c1. The number of carbonyl (C=O) groups is 1. The van der Waals surface area contributed by atoms with Gasteiger partial charge in [0, 0.05) is 36.7 Å². The average Bonchev–Trinajstić information content (AvgIpc) is 3.19. The molecule has 0 unspecified atom stereocenters. The van der Waals surface area contributed by atoms with Crippen molar-refractivity contribution in [1.29, 1.82) is 0 Å². The molecule has 32 heavy (non-hydrogen) atoms. The van der Waals surface area contributed by atoms with Crippen molar-refractivity contribution in [1.82, 2.24) is 24.8 Å². The smallest absolute Gasteiger partial charge is 0.270 e. The Hall–Kier alpha value is -3.44. The summed E-state index contributed by atoms with van der Waals surface area (Å²) in [6.45, 7) is 1.96. The van der Waals surface area contributed by atoms with E-state index in [1.54, 1.807) is 18.5 Å². The molecule has 1 aliphatic carbocycles. The van der Waals surface area contributed by atoms with Crippen molar-refractivity contribution in [3.05, 3.63) is 48.5 Å². The molecule has 1 aromatic carbocycles. The molecule has 164 valence electrons. The topological polar surface area (TPSA) is 141 Å². The Bertz CT molecular complexity index is 1490. The van der Waals surface area contributed by atoms with Crippen LogP contribution in [0.5, 0.6) is 0 Å². The van der Waals surface area contributed by atoms with E-state index in [1.165, 1.54) is 12.1 Å². The molecule has 10 nitrogen and oxygen atoms in total. The van der Waals surface area contributed by atoms with Gasteiger partial charge < -0.3 is 19.8 Å². The van der Waals surface area contributed by atoms with E-state index in [4.69, 9.17) is 5.14 Å². The highest BCUT2D eigenvalue weighted by Crippen LogP contribution is 2.46.